The number of benzene rings is 1. The Kier molecular flexibility index (Phi) is 2.52. The number of nitrogens with zero attached hydrogens (tertiary/aromatic N) is 1. The van der Waals surface area contributed by atoms with E-state index in [0.29, 0.717) is 0 Å². The van der Waals surface area contributed by atoms with Gasteiger partial charge in [-0.1, -0.05) is 6.07 Å². The van der Waals surface area contributed by atoms with Crippen molar-refractivity contribution in [2.75, 3.05) is 7.05 Å². The van der Waals surface area contributed by atoms with Gasteiger partial charge in [0.1, 0.15) is 0 Å². The van der Waals surface area contributed by atoms with Crippen LogP contribution in [0.5, 0.6) is 0 Å². The Morgan fingerprint density at radius 1 is 1.33 bits per heavy atom. The van der Waals surface area contributed by atoms with Gasteiger partial charge in [-0.05, 0) is 45.5 Å². The van der Waals surface area contributed by atoms with Crippen molar-refractivity contribution in [2.45, 2.75) is 26.3 Å². The zero-order chi connectivity index (χ0) is 11.1. The lowest BCUT2D eigenvalue weighted by Crippen LogP contribution is -2.32. The minimum atomic E-state index is 0.0199. The maximum atomic E-state index is 4.46. The van der Waals surface area contributed by atoms with Crippen LogP contribution < -0.4 is 5.32 Å². The van der Waals surface area contributed by atoms with Gasteiger partial charge in [0.2, 0.25) is 0 Å². The standard InChI is InChI=1S/C12H16N2S/c1-8-14-10-6-5-9(7-11(10)15-8)12(2,3)13-4/h5-7,13H,1-4H3. The maximum Gasteiger partial charge on any atom is 0.0907 e. The molecule has 0 radical (unpaired) electrons. The molecule has 0 bridgehead atoms. The summed E-state index contributed by atoms with van der Waals surface area (Å²) in [5, 5.41) is 4.44. The summed E-state index contributed by atoms with van der Waals surface area (Å²) in [7, 11) is 1.99. The molecule has 0 spiro atoms. The second-order valence-corrected chi connectivity index (χ2v) is 5.53. The molecule has 3 heteroatoms. The predicted molar refractivity (Wildman–Crippen MR) is 66.4 cm³/mol. The summed E-state index contributed by atoms with van der Waals surface area (Å²) in [5.74, 6) is 0. The van der Waals surface area contributed by atoms with Gasteiger partial charge in [-0.2, -0.15) is 0 Å². The first-order valence-corrected chi connectivity index (χ1v) is 5.91. The smallest absolute Gasteiger partial charge is 0.0907 e. The van der Waals surface area contributed by atoms with E-state index < -0.39 is 0 Å². The van der Waals surface area contributed by atoms with Crippen molar-refractivity contribution in [3.63, 3.8) is 0 Å². The average Bonchev–Trinajstić information content (AvgIpc) is 2.56. The van der Waals surface area contributed by atoms with Crippen LogP contribution in [0.15, 0.2) is 18.2 Å². The Labute approximate surface area is 94.3 Å². The topological polar surface area (TPSA) is 24.9 Å². The van der Waals surface area contributed by atoms with Crippen molar-refractivity contribution < 1.29 is 0 Å². The molecule has 1 aromatic heterocycles. The van der Waals surface area contributed by atoms with Gasteiger partial charge in [0.05, 0.1) is 15.2 Å². The van der Waals surface area contributed by atoms with Crippen LogP contribution in [0.3, 0.4) is 0 Å². The quantitative estimate of drug-likeness (QED) is 0.841. The highest BCUT2D eigenvalue weighted by atomic mass is 32.1. The third-order valence-corrected chi connectivity index (χ3v) is 3.78. The van der Waals surface area contributed by atoms with Gasteiger partial charge in [-0.3, -0.25) is 0 Å². The number of hydrogen-bond donors (Lipinski definition) is 1. The van der Waals surface area contributed by atoms with Crippen LogP contribution in [0.1, 0.15) is 24.4 Å². The summed E-state index contributed by atoms with van der Waals surface area (Å²) in [5.41, 5.74) is 2.43. The highest BCUT2D eigenvalue weighted by Gasteiger charge is 2.18. The Morgan fingerprint density at radius 3 is 2.73 bits per heavy atom. The number of fused-ring (bicyclic) bond motifs is 1. The highest BCUT2D eigenvalue weighted by molar-refractivity contribution is 7.18. The van der Waals surface area contributed by atoms with Crippen LogP contribution in [0.25, 0.3) is 10.2 Å². The Morgan fingerprint density at radius 2 is 2.07 bits per heavy atom. The van der Waals surface area contributed by atoms with Crippen molar-refractivity contribution in [2.24, 2.45) is 0 Å². The second-order valence-electron chi connectivity index (χ2n) is 4.29. The number of aromatic nitrogens is 1. The SMILES string of the molecule is CNC(C)(C)c1ccc2nc(C)sc2c1. The Hall–Kier alpha value is -0.930. The summed E-state index contributed by atoms with van der Waals surface area (Å²) in [6.07, 6.45) is 0. The lowest BCUT2D eigenvalue weighted by molar-refractivity contribution is 0.445. The molecule has 1 N–H and O–H groups in total. The fraction of sp³-hybridized carbons (Fsp3) is 0.417. The van der Waals surface area contributed by atoms with E-state index in [1.807, 2.05) is 14.0 Å². The largest absolute Gasteiger partial charge is 0.311 e. The zero-order valence-corrected chi connectivity index (χ0v) is 10.4. The lowest BCUT2D eigenvalue weighted by atomic mass is 9.95. The molecule has 0 fully saturated rings. The maximum absolute atomic E-state index is 4.46. The molecule has 0 aliphatic heterocycles. The van der Waals surface area contributed by atoms with Crippen LogP contribution in [-0.4, -0.2) is 12.0 Å². The fourth-order valence-electron chi connectivity index (χ4n) is 1.57. The minimum Gasteiger partial charge on any atom is -0.311 e. The molecule has 0 atom stereocenters. The molecule has 0 aliphatic rings. The zero-order valence-electron chi connectivity index (χ0n) is 9.59. The first kappa shape index (κ1) is 10.6. The molecular formula is C12H16N2S. The summed E-state index contributed by atoms with van der Waals surface area (Å²) in [4.78, 5) is 4.46. The van der Waals surface area contributed by atoms with Gasteiger partial charge in [0.15, 0.2) is 0 Å². The molecule has 0 amide bonds. The lowest BCUT2D eigenvalue weighted by Gasteiger charge is -2.24. The molecule has 2 aromatic rings. The van der Waals surface area contributed by atoms with E-state index in [9.17, 15) is 0 Å². The predicted octanol–water partition coefficient (Wildman–Crippen LogP) is 3.06. The first-order chi connectivity index (χ1) is 7.03. The van der Waals surface area contributed by atoms with E-state index in [-0.39, 0.29) is 5.54 Å². The van der Waals surface area contributed by atoms with E-state index in [1.54, 1.807) is 11.3 Å². The molecule has 0 saturated heterocycles. The van der Waals surface area contributed by atoms with Gasteiger partial charge in [-0.25, -0.2) is 4.98 Å². The molecule has 0 saturated carbocycles. The van der Waals surface area contributed by atoms with Gasteiger partial charge < -0.3 is 5.32 Å². The third-order valence-electron chi connectivity index (χ3n) is 2.84. The number of aryl methyl sites for hydroxylation is 1. The molecule has 1 heterocycles. The molecule has 0 aliphatic carbocycles. The summed E-state index contributed by atoms with van der Waals surface area (Å²) < 4.78 is 1.27. The van der Waals surface area contributed by atoms with Crippen LogP contribution in [0.2, 0.25) is 0 Å². The van der Waals surface area contributed by atoms with E-state index in [4.69, 9.17) is 0 Å². The van der Waals surface area contributed by atoms with Gasteiger partial charge >= 0.3 is 0 Å². The van der Waals surface area contributed by atoms with Crippen molar-refractivity contribution in [3.8, 4) is 0 Å². The third kappa shape index (κ3) is 1.90. The Bertz CT molecular complexity index is 485. The molecule has 0 unspecified atom stereocenters. The molecule has 2 nitrogen and oxygen atoms in total. The van der Waals surface area contributed by atoms with Crippen LogP contribution >= 0.6 is 11.3 Å². The molecule has 1 aromatic carbocycles. The number of nitrogens with one attached hydrogen (secondary N) is 1. The van der Waals surface area contributed by atoms with E-state index in [2.05, 4.69) is 42.3 Å². The van der Waals surface area contributed by atoms with E-state index in [1.165, 1.54) is 10.3 Å². The van der Waals surface area contributed by atoms with Crippen molar-refractivity contribution >= 4 is 21.6 Å². The van der Waals surface area contributed by atoms with Crippen molar-refractivity contribution in [1.82, 2.24) is 10.3 Å². The summed E-state index contributed by atoms with van der Waals surface area (Å²) >= 11 is 1.75. The van der Waals surface area contributed by atoms with Crippen LogP contribution in [0.4, 0.5) is 0 Å². The van der Waals surface area contributed by atoms with Crippen LogP contribution in [-0.2, 0) is 5.54 Å². The van der Waals surface area contributed by atoms with Crippen LogP contribution in [0, 0.1) is 6.92 Å². The summed E-state index contributed by atoms with van der Waals surface area (Å²) in [6.45, 7) is 6.41. The number of rotatable bonds is 2. The van der Waals surface area contributed by atoms with E-state index >= 15 is 0 Å². The van der Waals surface area contributed by atoms with Gasteiger partial charge in [0.25, 0.3) is 0 Å². The number of thiazole rings is 1. The molecule has 15 heavy (non-hydrogen) atoms. The van der Waals surface area contributed by atoms with E-state index in [0.717, 1.165) is 10.5 Å². The fourth-order valence-corrected chi connectivity index (χ4v) is 2.44. The molecular weight excluding hydrogens is 204 g/mol. The van der Waals surface area contributed by atoms with Gasteiger partial charge in [0, 0.05) is 5.54 Å². The second kappa shape index (κ2) is 3.58. The minimum absolute atomic E-state index is 0.0199. The monoisotopic (exact) mass is 220 g/mol. The van der Waals surface area contributed by atoms with Crippen molar-refractivity contribution in [3.05, 3.63) is 28.8 Å². The highest BCUT2D eigenvalue weighted by Crippen LogP contribution is 2.27. The molecule has 80 valence electrons. The first-order valence-electron chi connectivity index (χ1n) is 5.09. The van der Waals surface area contributed by atoms with Crippen molar-refractivity contribution in [1.29, 1.82) is 0 Å². The Balaban J connectivity index is 2.55. The summed E-state index contributed by atoms with van der Waals surface area (Å²) in [6, 6.07) is 6.49. The molecule has 2 rings (SSSR count). The average molecular weight is 220 g/mol. The number of hydrogen-bond acceptors (Lipinski definition) is 3. The van der Waals surface area contributed by atoms with Gasteiger partial charge in [-0.15, -0.1) is 11.3 Å². The normalized spacial score (nSPS) is 12.3.